The molecule has 20 heavy (non-hydrogen) atoms. The van der Waals surface area contributed by atoms with Crippen LogP contribution in [0.15, 0.2) is 18.2 Å². The molecule has 0 amide bonds. The van der Waals surface area contributed by atoms with Crippen molar-refractivity contribution in [3.8, 4) is 11.5 Å². The van der Waals surface area contributed by atoms with Gasteiger partial charge in [0.25, 0.3) is 0 Å². The number of hydrogen-bond acceptors (Lipinski definition) is 6. The van der Waals surface area contributed by atoms with E-state index >= 15 is 0 Å². The molecule has 1 heterocycles. The van der Waals surface area contributed by atoms with E-state index in [1.54, 1.807) is 6.07 Å². The van der Waals surface area contributed by atoms with Crippen LogP contribution < -0.4 is 9.47 Å². The molecule has 0 atom stereocenters. The molecule has 1 aliphatic rings. The number of ether oxygens (including phenoxy) is 4. The predicted molar refractivity (Wildman–Crippen MR) is 70.1 cm³/mol. The third-order valence-electron chi connectivity index (χ3n) is 2.87. The Morgan fingerprint density at radius 2 is 2.15 bits per heavy atom. The van der Waals surface area contributed by atoms with Gasteiger partial charge in [-0.15, -0.1) is 0 Å². The van der Waals surface area contributed by atoms with E-state index in [-0.39, 0.29) is 24.3 Å². The molecule has 1 saturated heterocycles. The van der Waals surface area contributed by atoms with Gasteiger partial charge in [-0.2, -0.15) is 0 Å². The lowest BCUT2D eigenvalue weighted by Gasteiger charge is -2.23. The molecule has 0 radical (unpaired) electrons. The van der Waals surface area contributed by atoms with E-state index in [0.29, 0.717) is 25.4 Å². The Morgan fingerprint density at radius 3 is 2.80 bits per heavy atom. The van der Waals surface area contributed by atoms with Crippen molar-refractivity contribution < 1.29 is 23.9 Å². The molecule has 0 bridgehead atoms. The van der Waals surface area contributed by atoms with Crippen LogP contribution in [-0.4, -0.2) is 38.1 Å². The summed E-state index contributed by atoms with van der Waals surface area (Å²) in [5, 5.41) is 11.0. The second kappa shape index (κ2) is 7.06. The van der Waals surface area contributed by atoms with Crippen LogP contribution in [-0.2, 0) is 9.47 Å². The van der Waals surface area contributed by atoms with E-state index in [9.17, 15) is 10.1 Å². The fourth-order valence-electron chi connectivity index (χ4n) is 1.86. The summed E-state index contributed by atoms with van der Waals surface area (Å²) < 4.78 is 21.2. The standard InChI is InChI=1S/C13H17NO6/c1-17-10-3-4-12(11(9-10)14(15)16)18-8-5-13-19-6-2-7-20-13/h3-4,9,13H,2,5-8H2,1H3. The summed E-state index contributed by atoms with van der Waals surface area (Å²) in [7, 11) is 1.46. The average Bonchev–Trinajstić information content (AvgIpc) is 2.48. The van der Waals surface area contributed by atoms with Crippen LogP contribution in [0.5, 0.6) is 11.5 Å². The second-order valence-electron chi connectivity index (χ2n) is 4.25. The number of nitrogens with zero attached hydrogens (tertiary/aromatic N) is 1. The van der Waals surface area contributed by atoms with Gasteiger partial charge in [0.2, 0.25) is 0 Å². The van der Waals surface area contributed by atoms with E-state index < -0.39 is 4.92 Å². The van der Waals surface area contributed by atoms with Gasteiger partial charge in [0.15, 0.2) is 12.0 Å². The molecular formula is C13H17NO6. The molecule has 1 aromatic carbocycles. The number of rotatable bonds is 6. The number of methoxy groups -OCH3 is 1. The first-order chi connectivity index (χ1) is 9.70. The fourth-order valence-corrected chi connectivity index (χ4v) is 1.86. The summed E-state index contributed by atoms with van der Waals surface area (Å²) >= 11 is 0. The van der Waals surface area contributed by atoms with Gasteiger partial charge in [0.1, 0.15) is 5.75 Å². The lowest BCUT2D eigenvalue weighted by molar-refractivity contribution is -0.386. The number of nitro benzene ring substituents is 1. The molecule has 0 unspecified atom stereocenters. The fraction of sp³-hybridized carbons (Fsp3) is 0.538. The number of hydrogen-bond donors (Lipinski definition) is 0. The normalized spacial score (nSPS) is 15.8. The summed E-state index contributed by atoms with van der Waals surface area (Å²) in [5.41, 5.74) is -0.116. The molecule has 0 aliphatic carbocycles. The van der Waals surface area contributed by atoms with E-state index in [1.807, 2.05) is 0 Å². The highest BCUT2D eigenvalue weighted by Gasteiger charge is 2.18. The minimum atomic E-state index is -0.495. The Hall–Kier alpha value is -1.86. The smallest absolute Gasteiger partial charge is 0.314 e. The molecule has 1 aliphatic heterocycles. The second-order valence-corrected chi connectivity index (χ2v) is 4.25. The van der Waals surface area contributed by atoms with Gasteiger partial charge in [-0.3, -0.25) is 10.1 Å². The average molecular weight is 283 g/mol. The molecule has 1 fully saturated rings. The summed E-state index contributed by atoms with van der Waals surface area (Å²) in [6.45, 7) is 1.64. The van der Waals surface area contributed by atoms with Crippen molar-refractivity contribution in [2.24, 2.45) is 0 Å². The Labute approximate surface area is 116 Å². The van der Waals surface area contributed by atoms with Crippen molar-refractivity contribution in [3.63, 3.8) is 0 Å². The Morgan fingerprint density at radius 1 is 1.40 bits per heavy atom. The third kappa shape index (κ3) is 3.82. The third-order valence-corrected chi connectivity index (χ3v) is 2.87. The SMILES string of the molecule is COc1ccc(OCCC2OCCCO2)c([N+](=O)[O-])c1. The van der Waals surface area contributed by atoms with Crippen molar-refractivity contribution in [3.05, 3.63) is 28.3 Å². The minimum Gasteiger partial charge on any atom is -0.496 e. The van der Waals surface area contributed by atoms with Gasteiger partial charge >= 0.3 is 5.69 Å². The maximum Gasteiger partial charge on any atom is 0.314 e. The largest absolute Gasteiger partial charge is 0.496 e. The molecule has 0 aromatic heterocycles. The molecule has 2 rings (SSSR count). The van der Waals surface area contributed by atoms with Crippen LogP contribution in [0.1, 0.15) is 12.8 Å². The van der Waals surface area contributed by atoms with Crippen LogP contribution >= 0.6 is 0 Å². The van der Waals surface area contributed by atoms with Gasteiger partial charge < -0.3 is 18.9 Å². The summed E-state index contributed by atoms with van der Waals surface area (Å²) in [6.07, 6.45) is 1.13. The lowest BCUT2D eigenvalue weighted by Crippen LogP contribution is -2.26. The number of nitro groups is 1. The van der Waals surface area contributed by atoms with Gasteiger partial charge in [-0.1, -0.05) is 0 Å². The van der Waals surface area contributed by atoms with E-state index in [4.69, 9.17) is 18.9 Å². The first-order valence-electron chi connectivity index (χ1n) is 6.39. The predicted octanol–water partition coefficient (Wildman–Crippen LogP) is 2.14. The van der Waals surface area contributed by atoms with Gasteiger partial charge in [0.05, 0.1) is 37.9 Å². The summed E-state index contributed by atoms with van der Waals surface area (Å²) in [6, 6.07) is 4.48. The zero-order valence-electron chi connectivity index (χ0n) is 11.2. The quantitative estimate of drug-likeness (QED) is 0.587. The maximum absolute atomic E-state index is 11.0. The highest BCUT2D eigenvalue weighted by molar-refractivity contribution is 5.50. The molecule has 0 spiro atoms. The first kappa shape index (κ1) is 14.5. The summed E-state index contributed by atoms with van der Waals surface area (Å²) in [4.78, 5) is 10.5. The van der Waals surface area contributed by atoms with E-state index in [2.05, 4.69) is 0 Å². The van der Waals surface area contributed by atoms with Crippen molar-refractivity contribution >= 4 is 5.69 Å². The minimum absolute atomic E-state index is 0.116. The molecule has 7 nitrogen and oxygen atoms in total. The zero-order valence-corrected chi connectivity index (χ0v) is 11.2. The molecule has 7 heteroatoms. The van der Waals surface area contributed by atoms with Crippen molar-refractivity contribution in [2.75, 3.05) is 26.9 Å². The molecule has 0 N–H and O–H groups in total. The summed E-state index contributed by atoms with van der Waals surface area (Å²) in [5.74, 6) is 0.634. The van der Waals surface area contributed by atoms with Crippen LogP contribution in [0.4, 0.5) is 5.69 Å². The van der Waals surface area contributed by atoms with E-state index in [1.165, 1.54) is 19.2 Å². The van der Waals surface area contributed by atoms with Gasteiger partial charge in [0, 0.05) is 6.42 Å². The molecule has 1 aromatic rings. The van der Waals surface area contributed by atoms with Crippen molar-refractivity contribution in [1.29, 1.82) is 0 Å². The lowest BCUT2D eigenvalue weighted by atomic mass is 10.3. The van der Waals surface area contributed by atoms with Crippen LogP contribution in [0.2, 0.25) is 0 Å². The topological polar surface area (TPSA) is 80.1 Å². The van der Waals surface area contributed by atoms with Crippen LogP contribution in [0.3, 0.4) is 0 Å². The monoisotopic (exact) mass is 283 g/mol. The maximum atomic E-state index is 11.0. The molecular weight excluding hydrogens is 266 g/mol. The van der Waals surface area contributed by atoms with Crippen LogP contribution in [0.25, 0.3) is 0 Å². The highest BCUT2D eigenvalue weighted by atomic mass is 16.7. The van der Waals surface area contributed by atoms with Crippen molar-refractivity contribution in [1.82, 2.24) is 0 Å². The van der Waals surface area contributed by atoms with Gasteiger partial charge in [-0.25, -0.2) is 0 Å². The van der Waals surface area contributed by atoms with E-state index in [0.717, 1.165) is 6.42 Å². The molecule has 110 valence electrons. The van der Waals surface area contributed by atoms with Gasteiger partial charge in [-0.05, 0) is 18.6 Å². The Bertz CT molecular complexity index is 458. The number of benzene rings is 1. The molecule has 0 saturated carbocycles. The zero-order chi connectivity index (χ0) is 14.4. The van der Waals surface area contributed by atoms with Crippen LogP contribution in [0, 0.1) is 10.1 Å². The Kier molecular flexibility index (Phi) is 5.14. The first-order valence-corrected chi connectivity index (χ1v) is 6.39. The Balaban J connectivity index is 1.92. The van der Waals surface area contributed by atoms with Crippen molar-refractivity contribution in [2.45, 2.75) is 19.1 Å². The highest BCUT2D eigenvalue weighted by Crippen LogP contribution is 2.31.